The maximum absolute atomic E-state index is 11.8. The topological polar surface area (TPSA) is 61.4 Å². The van der Waals surface area contributed by atoms with Gasteiger partial charge in [-0.2, -0.15) is 0 Å². The van der Waals surface area contributed by atoms with Gasteiger partial charge >= 0.3 is 0 Å². The molecule has 2 unspecified atom stereocenters. The summed E-state index contributed by atoms with van der Waals surface area (Å²) in [6, 6.07) is 9.55. The summed E-state index contributed by atoms with van der Waals surface area (Å²) in [5.74, 6) is 0.00589. The summed E-state index contributed by atoms with van der Waals surface area (Å²) in [5.41, 5.74) is -0.132. The fourth-order valence-electron chi connectivity index (χ4n) is 1.90. The second kappa shape index (κ2) is 5.72. The van der Waals surface area contributed by atoms with Gasteiger partial charge in [0.15, 0.2) is 0 Å². The molecule has 1 fully saturated rings. The molecule has 2 atom stereocenters. The number of benzene rings is 1. The average Bonchev–Trinajstić information content (AvgIpc) is 3.21. The minimum absolute atomic E-state index is 0.00589. The van der Waals surface area contributed by atoms with E-state index in [0.717, 1.165) is 18.4 Å². The first-order chi connectivity index (χ1) is 8.99. The monoisotopic (exact) mass is 262 g/mol. The van der Waals surface area contributed by atoms with Crippen LogP contribution in [0.2, 0.25) is 0 Å². The van der Waals surface area contributed by atoms with Crippen LogP contribution in [0.4, 0.5) is 0 Å². The van der Waals surface area contributed by atoms with Gasteiger partial charge in [0.25, 0.3) is 0 Å². The standard InChI is InChI=1S/C15H22N2O2/c1-11(14(18)17-13-8-9-13)16-10-15(2,19)12-6-4-3-5-7-12/h3-7,11,13,16,19H,8-10H2,1-2H3,(H,17,18). The van der Waals surface area contributed by atoms with Crippen LogP contribution in [0.5, 0.6) is 0 Å². The Labute approximate surface area is 114 Å². The van der Waals surface area contributed by atoms with Gasteiger partial charge in [-0.3, -0.25) is 4.79 Å². The zero-order chi connectivity index (χ0) is 13.9. The number of hydrogen-bond acceptors (Lipinski definition) is 3. The summed E-state index contributed by atoms with van der Waals surface area (Å²) in [4.78, 5) is 11.8. The molecule has 4 nitrogen and oxygen atoms in total. The highest BCUT2D eigenvalue weighted by Crippen LogP contribution is 2.20. The molecule has 1 aliphatic carbocycles. The molecule has 0 aliphatic heterocycles. The van der Waals surface area contributed by atoms with Gasteiger partial charge in [0, 0.05) is 12.6 Å². The Bertz CT molecular complexity index is 427. The van der Waals surface area contributed by atoms with Crippen LogP contribution in [0.25, 0.3) is 0 Å². The number of carbonyl (C=O) groups excluding carboxylic acids is 1. The van der Waals surface area contributed by atoms with E-state index in [9.17, 15) is 9.90 Å². The molecule has 1 amide bonds. The Kier molecular flexibility index (Phi) is 4.22. The van der Waals surface area contributed by atoms with E-state index in [-0.39, 0.29) is 11.9 Å². The number of rotatable bonds is 6. The Morgan fingerprint density at radius 3 is 2.63 bits per heavy atom. The summed E-state index contributed by atoms with van der Waals surface area (Å²) in [6.07, 6.45) is 2.17. The van der Waals surface area contributed by atoms with Crippen molar-refractivity contribution in [1.82, 2.24) is 10.6 Å². The van der Waals surface area contributed by atoms with Crippen molar-refractivity contribution in [2.45, 2.75) is 44.4 Å². The summed E-state index contributed by atoms with van der Waals surface area (Å²) < 4.78 is 0. The summed E-state index contributed by atoms with van der Waals surface area (Å²) in [6.45, 7) is 3.91. The molecule has 0 bridgehead atoms. The van der Waals surface area contributed by atoms with Crippen LogP contribution in [0, 0.1) is 0 Å². The summed E-state index contributed by atoms with van der Waals surface area (Å²) >= 11 is 0. The molecule has 0 aromatic heterocycles. The quantitative estimate of drug-likeness (QED) is 0.721. The number of carbonyl (C=O) groups is 1. The van der Waals surface area contributed by atoms with Gasteiger partial charge in [-0.25, -0.2) is 0 Å². The number of aliphatic hydroxyl groups is 1. The predicted octanol–water partition coefficient (Wildman–Crippen LogP) is 1.15. The van der Waals surface area contributed by atoms with E-state index in [1.54, 1.807) is 6.92 Å². The summed E-state index contributed by atoms with van der Waals surface area (Å²) in [5, 5.41) is 16.5. The van der Waals surface area contributed by atoms with Crippen LogP contribution in [0.1, 0.15) is 32.3 Å². The molecule has 0 spiro atoms. The number of amides is 1. The third-order valence-electron chi connectivity index (χ3n) is 3.47. The summed E-state index contributed by atoms with van der Waals surface area (Å²) in [7, 11) is 0. The minimum Gasteiger partial charge on any atom is -0.384 e. The fraction of sp³-hybridized carbons (Fsp3) is 0.533. The normalized spacial score (nSPS) is 19.5. The third kappa shape index (κ3) is 4.04. The van der Waals surface area contributed by atoms with Gasteiger partial charge in [-0.15, -0.1) is 0 Å². The molecule has 1 saturated carbocycles. The first kappa shape index (κ1) is 14.0. The number of nitrogens with one attached hydrogen (secondary N) is 2. The lowest BCUT2D eigenvalue weighted by Gasteiger charge is -2.26. The van der Waals surface area contributed by atoms with Crippen molar-refractivity contribution >= 4 is 5.91 Å². The molecule has 4 heteroatoms. The molecule has 1 aromatic carbocycles. The second-order valence-electron chi connectivity index (χ2n) is 5.53. The molecule has 3 N–H and O–H groups in total. The first-order valence-corrected chi connectivity index (χ1v) is 6.81. The van der Waals surface area contributed by atoms with Gasteiger partial charge in [0.05, 0.1) is 11.6 Å². The van der Waals surface area contributed by atoms with E-state index >= 15 is 0 Å². The van der Waals surface area contributed by atoms with Gasteiger partial charge in [-0.05, 0) is 32.3 Å². The van der Waals surface area contributed by atoms with Crippen LogP contribution in [0.3, 0.4) is 0 Å². The lowest BCUT2D eigenvalue weighted by Crippen LogP contribution is -2.47. The fourth-order valence-corrected chi connectivity index (χ4v) is 1.90. The van der Waals surface area contributed by atoms with Gasteiger partial charge in [0.2, 0.25) is 5.91 Å². The van der Waals surface area contributed by atoms with Crippen LogP contribution in [-0.4, -0.2) is 29.6 Å². The van der Waals surface area contributed by atoms with Crippen LogP contribution in [0.15, 0.2) is 30.3 Å². The zero-order valence-electron chi connectivity index (χ0n) is 11.5. The van der Waals surface area contributed by atoms with E-state index < -0.39 is 5.60 Å². The smallest absolute Gasteiger partial charge is 0.237 e. The highest BCUT2D eigenvalue weighted by atomic mass is 16.3. The number of hydrogen-bond donors (Lipinski definition) is 3. The molecule has 104 valence electrons. The van der Waals surface area contributed by atoms with Crippen molar-refractivity contribution in [3.63, 3.8) is 0 Å². The molecule has 19 heavy (non-hydrogen) atoms. The van der Waals surface area contributed by atoms with E-state index in [1.807, 2.05) is 37.3 Å². The van der Waals surface area contributed by atoms with Crippen LogP contribution >= 0.6 is 0 Å². The van der Waals surface area contributed by atoms with Crippen molar-refractivity contribution in [2.75, 3.05) is 6.54 Å². The van der Waals surface area contributed by atoms with E-state index in [4.69, 9.17) is 0 Å². The van der Waals surface area contributed by atoms with Crippen molar-refractivity contribution in [3.05, 3.63) is 35.9 Å². The van der Waals surface area contributed by atoms with Crippen molar-refractivity contribution < 1.29 is 9.90 Å². The maximum atomic E-state index is 11.8. The van der Waals surface area contributed by atoms with Crippen molar-refractivity contribution in [1.29, 1.82) is 0 Å². The highest BCUT2D eigenvalue weighted by molar-refractivity contribution is 5.81. The van der Waals surface area contributed by atoms with Crippen molar-refractivity contribution in [2.24, 2.45) is 0 Å². The van der Waals surface area contributed by atoms with Crippen LogP contribution < -0.4 is 10.6 Å². The third-order valence-corrected chi connectivity index (χ3v) is 3.47. The van der Waals surface area contributed by atoms with Gasteiger partial charge < -0.3 is 15.7 Å². The second-order valence-corrected chi connectivity index (χ2v) is 5.53. The molecular weight excluding hydrogens is 240 g/mol. The average molecular weight is 262 g/mol. The largest absolute Gasteiger partial charge is 0.384 e. The minimum atomic E-state index is -0.977. The van der Waals surface area contributed by atoms with Crippen molar-refractivity contribution in [3.8, 4) is 0 Å². The Morgan fingerprint density at radius 1 is 1.42 bits per heavy atom. The molecular formula is C15H22N2O2. The lowest BCUT2D eigenvalue weighted by atomic mass is 9.96. The van der Waals surface area contributed by atoms with Gasteiger partial charge in [0.1, 0.15) is 0 Å². The SMILES string of the molecule is CC(NCC(C)(O)c1ccccc1)C(=O)NC1CC1. The van der Waals surface area contributed by atoms with E-state index in [1.165, 1.54) is 0 Å². The molecule has 1 aromatic rings. The Hall–Kier alpha value is -1.39. The van der Waals surface area contributed by atoms with E-state index in [0.29, 0.717) is 12.6 Å². The zero-order valence-corrected chi connectivity index (χ0v) is 11.5. The first-order valence-electron chi connectivity index (χ1n) is 6.81. The molecule has 0 radical (unpaired) electrons. The maximum Gasteiger partial charge on any atom is 0.237 e. The molecule has 0 heterocycles. The van der Waals surface area contributed by atoms with Gasteiger partial charge in [-0.1, -0.05) is 30.3 Å². The Morgan fingerprint density at radius 2 is 2.05 bits per heavy atom. The lowest BCUT2D eigenvalue weighted by molar-refractivity contribution is -0.123. The molecule has 2 rings (SSSR count). The van der Waals surface area contributed by atoms with E-state index in [2.05, 4.69) is 10.6 Å². The molecule has 1 aliphatic rings. The predicted molar refractivity (Wildman–Crippen MR) is 74.6 cm³/mol. The highest BCUT2D eigenvalue weighted by Gasteiger charge is 2.28. The van der Waals surface area contributed by atoms with Crippen LogP contribution in [-0.2, 0) is 10.4 Å². The molecule has 0 saturated heterocycles. The Balaban J connectivity index is 1.84.